The van der Waals surface area contributed by atoms with Crippen molar-refractivity contribution in [3.63, 3.8) is 0 Å². The first-order valence-corrected chi connectivity index (χ1v) is 5.88. The van der Waals surface area contributed by atoms with Gasteiger partial charge in [0.15, 0.2) is 0 Å². The zero-order chi connectivity index (χ0) is 12.4. The first-order chi connectivity index (χ1) is 7.56. The van der Waals surface area contributed by atoms with Crippen molar-refractivity contribution in [3.05, 3.63) is 12.2 Å². The Morgan fingerprint density at radius 3 is 2.38 bits per heavy atom. The van der Waals surface area contributed by atoms with Gasteiger partial charge in [-0.2, -0.15) is 0 Å². The molecule has 0 radical (unpaired) electrons. The van der Waals surface area contributed by atoms with Crippen molar-refractivity contribution in [3.8, 4) is 0 Å². The lowest BCUT2D eigenvalue weighted by Gasteiger charge is -2.14. The van der Waals surface area contributed by atoms with Gasteiger partial charge < -0.3 is 4.74 Å². The lowest BCUT2D eigenvalue weighted by atomic mass is 10.1. The smallest absolute Gasteiger partial charge is 0.302 e. The molecule has 0 amide bonds. The molecule has 0 fully saturated rings. The second kappa shape index (κ2) is 9.13. The lowest BCUT2D eigenvalue weighted by Crippen LogP contribution is -2.15. The molecule has 1 atom stereocenters. The highest BCUT2D eigenvalue weighted by atomic mass is 16.5. The van der Waals surface area contributed by atoms with Crippen LogP contribution in [0.2, 0.25) is 0 Å². The summed E-state index contributed by atoms with van der Waals surface area (Å²) in [6.07, 6.45) is 7.96. The molecule has 0 saturated carbocycles. The van der Waals surface area contributed by atoms with Gasteiger partial charge in [0, 0.05) is 13.3 Å². The fraction of sp³-hybridized carbons (Fsp3) is 0.692. The fourth-order valence-electron chi connectivity index (χ4n) is 1.47. The molecule has 0 aromatic rings. The highest BCUT2D eigenvalue weighted by Crippen LogP contribution is 2.10. The van der Waals surface area contributed by atoms with Crippen LogP contribution in [-0.2, 0) is 14.3 Å². The zero-order valence-electron chi connectivity index (χ0n) is 10.5. The molecule has 0 heterocycles. The third-order valence-corrected chi connectivity index (χ3v) is 2.17. The second-order valence-corrected chi connectivity index (χ2v) is 3.98. The number of ketones is 1. The molecular formula is C13H22O3. The standard InChI is InChI=1S/C13H22O3/c1-4-8-13(16-12(3)15)10-7-5-6-9-11(2)14/h5-6,13H,4,7-10H2,1-3H3/b6-5+. The SMILES string of the molecule is CCCC(CC/C=C/CC(C)=O)OC(C)=O. The Hall–Kier alpha value is -1.12. The van der Waals surface area contributed by atoms with E-state index in [0.29, 0.717) is 6.42 Å². The van der Waals surface area contributed by atoms with Crippen LogP contribution in [0.25, 0.3) is 0 Å². The monoisotopic (exact) mass is 226 g/mol. The minimum Gasteiger partial charge on any atom is -0.463 e. The van der Waals surface area contributed by atoms with Crippen molar-refractivity contribution >= 4 is 11.8 Å². The summed E-state index contributed by atoms with van der Waals surface area (Å²) in [5, 5.41) is 0. The van der Waals surface area contributed by atoms with E-state index in [-0.39, 0.29) is 17.9 Å². The van der Waals surface area contributed by atoms with Gasteiger partial charge in [0.25, 0.3) is 0 Å². The maximum absolute atomic E-state index is 10.8. The van der Waals surface area contributed by atoms with E-state index in [9.17, 15) is 9.59 Å². The van der Waals surface area contributed by atoms with E-state index in [4.69, 9.17) is 4.74 Å². The van der Waals surface area contributed by atoms with E-state index >= 15 is 0 Å². The van der Waals surface area contributed by atoms with Crippen molar-refractivity contribution in [2.75, 3.05) is 0 Å². The minimum atomic E-state index is -0.217. The Bertz CT molecular complexity index is 244. The van der Waals surface area contributed by atoms with E-state index in [1.807, 2.05) is 12.2 Å². The number of esters is 1. The summed E-state index contributed by atoms with van der Waals surface area (Å²) in [6.45, 7) is 5.08. The molecule has 3 nitrogen and oxygen atoms in total. The van der Waals surface area contributed by atoms with Crippen molar-refractivity contribution < 1.29 is 14.3 Å². The maximum atomic E-state index is 10.8. The normalized spacial score (nSPS) is 12.7. The van der Waals surface area contributed by atoms with Crippen molar-refractivity contribution in [2.24, 2.45) is 0 Å². The maximum Gasteiger partial charge on any atom is 0.302 e. The summed E-state index contributed by atoms with van der Waals surface area (Å²) in [7, 11) is 0. The lowest BCUT2D eigenvalue weighted by molar-refractivity contribution is -0.146. The number of rotatable bonds is 8. The largest absolute Gasteiger partial charge is 0.463 e. The predicted molar refractivity (Wildman–Crippen MR) is 64.1 cm³/mol. The minimum absolute atomic E-state index is 0.0180. The molecule has 3 heteroatoms. The summed E-state index contributed by atoms with van der Waals surface area (Å²) >= 11 is 0. The quantitative estimate of drug-likeness (QED) is 0.472. The summed E-state index contributed by atoms with van der Waals surface area (Å²) in [6, 6.07) is 0. The van der Waals surface area contributed by atoms with Gasteiger partial charge in [-0.15, -0.1) is 0 Å². The number of hydrogen-bond donors (Lipinski definition) is 0. The summed E-state index contributed by atoms with van der Waals surface area (Å²) in [5.74, 6) is -0.0486. The van der Waals surface area contributed by atoms with Crippen molar-refractivity contribution in [2.45, 2.75) is 59.0 Å². The third-order valence-electron chi connectivity index (χ3n) is 2.17. The van der Waals surface area contributed by atoms with Crippen LogP contribution in [0, 0.1) is 0 Å². The number of carbonyl (C=O) groups is 2. The number of Topliss-reactive ketones (excluding diaryl/α,β-unsaturated/α-hetero) is 1. The second-order valence-electron chi connectivity index (χ2n) is 3.98. The molecular weight excluding hydrogens is 204 g/mol. The molecule has 0 aliphatic carbocycles. The van der Waals surface area contributed by atoms with Crippen LogP contribution in [0.3, 0.4) is 0 Å². The van der Waals surface area contributed by atoms with Gasteiger partial charge >= 0.3 is 5.97 Å². The van der Waals surface area contributed by atoms with Crippen LogP contribution < -0.4 is 0 Å². The van der Waals surface area contributed by atoms with Gasteiger partial charge in [0.1, 0.15) is 11.9 Å². The molecule has 0 aliphatic rings. The third kappa shape index (κ3) is 9.44. The number of hydrogen-bond acceptors (Lipinski definition) is 3. The molecule has 0 spiro atoms. The number of carbonyl (C=O) groups excluding carboxylic acids is 2. The van der Waals surface area contributed by atoms with Crippen LogP contribution >= 0.6 is 0 Å². The fourth-order valence-corrected chi connectivity index (χ4v) is 1.47. The first kappa shape index (κ1) is 14.9. The molecule has 0 aromatic heterocycles. The molecule has 0 N–H and O–H groups in total. The number of ether oxygens (including phenoxy) is 1. The molecule has 0 aliphatic heterocycles. The molecule has 0 saturated heterocycles. The Morgan fingerprint density at radius 2 is 1.88 bits per heavy atom. The van der Waals surface area contributed by atoms with Crippen LogP contribution in [0.15, 0.2) is 12.2 Å². The predicted octanol–water partition coefficient (Wildman–Crippen LogP) is 3.03. The van der Waals surface area contributed by atoms with Gasteiger partial charge in [0.2, 0.25) is 0 Å². The molecule has 92 valence electrons. The molecule has 0 bridgehead atoms. The van der Waals surface area contributed by atoms with Gasteiger partial charge in [-0.05, 0) is 26.2 Å². The van der Waals surface area contributed by atoms with Crippen molar-refractivity contribution in [1.29, 1.82) is 0 Å². The van der Waals surface area contributed by atoms with Gasteiger partial charge in [-0.1, -0.05) is 25.5 Å². The Kier molecular flexibility index (Phi) is 8.49. The van der Waals surface area contributed by atoms with Crippen LogP contribution in [0.4, 0.5) is 0 Å². The molecule has 1 unspecified atom stereocenters. The van der Waals surface area contributed by atoms with E-state index in [1.54, 1.807) is 6.92 Å². The van der Waals surface area contributed by atoms with Gasteiger partial charge in [-0.25, -0.2) is 0 Å². The first-order valence-electron chi connectivity index (χ1n) is 5.88. The highest BCUT2D eigenvalue weighted by molar-refractivity contribution is 5.76. The topological polar surface area (TPSA) is 43.4 Å². The van der Waals surface area contributed by atoms with E-state index < -0.39 is 0 Å². The average Bonchev–Trinajstić information content (AvgIpc) is 2.16. The highest BCUT2D eigenvalue weighted by Gasteiger charge is 2.09. The summed E-state index contributed by atoms with van der Waals surface area (Å²) < 4.78 is 5.18. The molecule has 16 heavy (non-hydrogen) atoms. The Balaban J connectivity index is 3.78. The van der Waals surface area contributed by atoms with Crippen LogP contribution in [-0.4, -0.2) is 17.9 Å². The average molecular weight is 226 g/mol. The van der Waals surface area contributed by atoms with E-state index in [2.05, 4.69) is 6.92 Å². The molecule has 0 aromatic carbocycles. The van der Waals surface area contributed by atoms with E-state index in [1.165, 1.54) is 6.92 Å². The van der Waals surface area contributed by atoms with Crippen LogP contribution in [0.5, 0.6) is 0 Å². The van der Waals surface area contributed by atoms with Crippen LogP contribution in [0.1, 0.15) is 52.9 Å². The van der Waals surface area contributed by atoms with Gasteiger partial charge in [0.05, 0.1) is 0 Å². The van der Waals surface area contributed by atoms with Crippen molar-refractivity contribution in [1.82, 2.24) is 0 Å². The zero-order valence-corrected chi connectivity index (χ0v) is 10.5. The number of allylic oxidation sites excluding steroid dienone is 2. The van der Waals surface area contributed by atoms with E-state index in [0.717, 1.165) is 25.7 Å². The molecule has 0 rings (SSSR count). The summed E-state index contributed by atoms with van der Waals surface area (Å²) in [4.78, 5) is 21.5. The summed E-state index contributed by atoms with van der Waals surface area (Å²) in [5.41, 5.74) is 0. The Labute approximate surface area is 97.9 Å². The van der Waals surface area contributed by atoms with Gasteiger partial charge in [-0.3, -0.25) is 9.59 Å². The Morgan fingerprint density at radius 1 is 1.19 bits per heavy atom.